The number of benzene rings is 1. The second-order valence-corrected chi connectivity index (χ2v) is 6.80. The zero-order valence-corrected chi connectivity index (χ0v) is 13.8. The first kappa shape index (κ1) is 17.0. The summed E-state index contributed by atoms with van der Waals surface area (Å²) in [4.78, 5) is 2.37. The van der Waals surface area contributed by atoms with E-state index in [2.05, 4.69) is 14.9 Å². The van der Waals surface area contributed by atoms with E-state index in [1.54, 1.807) is 6.07 Å². The summed E-state index contributed by atoms with van der Waals surface area (Å²) in [7, 11) is -0.600. The van der Waals surface area contributed by atoms with E-state index >= 15 is 0 Å². The van der Waals surface area contributed by atoms with Gasteiger partial charge in [0, 0.05) is 57.5 Å². The number of methoxy groups -OCH3 is 2. The molecule has 1 aliphatic rings. The summed E-state index contributed by atoms with van der Waals surface area (Å²) in [5, 5.41) is 3.26. The van der Waals surface area contributed by atoms with Crippen LogP contribution >= 0.6 is 0 Å². The highest BCUT2D eigenvalue weighted by molar-refractivity contribution is 7.89. The summed E-state index contributed by atoms with van der Waals surface area (Å²) in [5.41, 5.74) is 0. The van der Waals surface area contributed by atoms with E-state index in [1.165, 1.54) is 26.4 Å². The van der Waals surface area contributed by atoms with Crippen molar-refractivity contribution in [1.82, 2.24) is 14.9 Å². The maximum Gasteiger partial charge on any atom is 0.240 e. The molecule has 22 heavy (non-hydrogen) atoms. The maximum atomic E-state index is 12.4. The van der Waals surface area contributed by atoms with E-state index in [0.29, 0.717) is 24.6 Å². The highest BCUT2D eigenvalue weighted by Crippen LogP contribution is 2.25. The Morgan fingerprint density at radius 2 is 1.73 bits per heavy atom. The molecule has 1 heterocycles. The molecule has 8 heteroatoms. The van der Waals surface area contributed by atoms with Gasteiger partial charge < -0.3 is 14.8 Å². The van der Waals surface area contributed by atoms with Crippen LogP contribution < -0.4 is 19.5 Å². The summed E-state index contributed by atoms with van der Waals surface area (Å²) >= 11 is 0. The Morgan fingerprint density at radius 1 is 1.14 bits per heavy atom. The van der Waals surface area contributed by atoms with E-state index < -0.39 is 10.0 Å². The summed E-state index contributed by atoms with van der Waals surface area (Å²) in [5.74, 6) is 0.892. The van der Waals surface area contributed by atoms with Crippen molar-refractivity contribution in [2.24, 2.45) is 0 Å². The second-order valence-electron chi connectivity index (χ2n) is 5.04. The van der Waals surface area contributed by atoms with Crippen LogP contribution in [0.5, 0.6) is 11.5 Å². The Balaban J connectivity index is 1.99. The highest BCUT2D eigenvalue weighted by Gasteiger charge is 2.17. The van der Waals surface area contributed by atoms with Gasteiger partial charge in [0.1, 0.15) is 11.5 Å². The molecule has 0 saturated carbocycles. The predicted octanol–water partition coefficient (Wildman–Crippen LogP) is -0.113. The van der Waals surface area contributed by atoms with Gasteiger partial charge in [-0.05, 0) is 0 Å². The molecule has 1 aromatic rings. The van der Waals surface area contributed by atoms with Gasteiger partial charge in [-0.1, -0.05) is 0 Å². The molecule has 1 aromatic carbocycles. The number of sulfonamides is 1. The van der Waals surface area contributed by atoms with Crippen LogP contribution in [0.4, 0.5) is 0 Å². The standard InChI is InChI=1S/C14H23N3O4S/c1-20-12-9-13(21-2)11-14(10-12)22(18,19)16-5-8-17-6-3-15-4-7-17/h9-11,15-16H,3-8H2,1-2H3. The Morgan fingerprint density at radius 3 is 2.27 bits per heavy atom. The molecule has 0 bridgehead atoms. The van der Waals surface area contributed by atoms with Crippen LogP contribution in [0.2, 0.25) is 0 Å². The molecule has 0 atom stereocenters. The average molecular weight is 329 g/mol. The number of hydrogen-bond donors (Lipinski definition) is 2. The van der Waals surface area contributed by atoms with Gasteiger partial charge in [-0.3, -0.25) is 4.90 Å². The van der Waals surface area contributed by atoms with Gasteiger partial charge in [0.25, 0.3) is 0 Å². The lowest BCUT2D eigenvalue weighted by Crippen LogP contribution is -2.46. The van der Waals surface area contributed by atoms with E-state index in [1.807, 2.05) is 0 Å². The van der Waals surface area contributed by atoms with Gasteiger partial charge in [-0.25, -0.2) is 13.1 Å². The Bertz CT molecular complexity index is 564. The van der Waals surface area contributed by atoms with E-state index in [4.69, 9.17) is 9.47 Å². The predicted molar refractivity (Wildman–Crippen MR) is 84.0 cm³/mol. The first-order chi connectivity index (χ1) is 10.5. The average Bonchev–Trinajstić information content (AvgIpc) is 2.55. The van der Waals surface area contributed by atoms with E-state index in [-0.39, 0.29) is 4.90 Å². The van der Waals surface area contributed by atoms with Gasteiger partial charge in [-0.15, -0.1) is 0 Å². The molecule has 1 fully saturated rings. The van der Waals surface area contributed by atoms with Gasteiger partial charge in [0.2, 0.25) is 10.0 Å². The molecule has 2 rings (SSSR count). The van der Waals surface area contributed by atoms with Crippen molar-refractivity contribution in [2.75, 3.05) is 53.5 Å². The zero-order chi connectivity index (χ0) is 16.0. The summed E-state index contributed by atoms with van der Waals surface area (Å²) in [6, 6.07) is 4.60. The van der Waals surface area contributed by atoms with Crippen LogP contribution in [0.3, 0.4) is 0 Å². The molecule has 7 nitrogen and oxygen atoms in total. The Kier molecular flexibility index (Phi) is 6.01. The minimum absolute atomic E-state index is 0.143. The van der Waals surface area contributed by atoms with Crippen molar-refractivity contribution < 1.29 is 17.9 Å². The molecule has 124 valence electrons. The topological polar surface area (TPSA) is 79.9 Å². The van der Waals surface area contributed by atoms with Crippen molar-refractivity contribution in [2.45, 2.75) is 4.90 Å². The minimum atomic E-state index is -3.58. The fraction of sp³-hybridized carbons (Fsp3) is 0.571. The van der Waals surface area contributed by atoms with Crippen molar-refractivity contribution in [3.05, 3.63) is 18.2 Å². The van der Waals surface area contributed by atoms with Crippen LogP contribution in [-0.4, -0.2) is 66.8 Å². The SMILES string of the molecule is COc1cc(OC)cc(S(=O)(=O)NCCN2CCNCC2)c1. The first-order valence-corrected chi connectivity index (χ1v) is 8.69. The fourth-order valence-corrected chi connectivity index (χ4v) is 3.36. The molecule has 0 spiro atoms. The van der Waals surface area contributed by atoms with Crippen LogP contribution in [0, 0.1) is 0 Å². The van der Waals surface area contributed by atoms with Crippen LogP contribution in [0.25, 0.3) is 0 Å². The molecule has 1 aliphatic heterocycles. The number of rotatable bonds is 7. The molecule has 0 aliphatic carbocycles. The smallest absolute Gasteiger partial charge is 0.240 e. The Hall–Kier alpha value is -1.35. The molecule has 0 aromatic heterocycles. The van der Waals surface area contributed by atoms with Crippen molar-refractivity contribution in [3.8, 4) is 11.5 Å². The third-order valence-electron chi connectivity index (χ3n) is 3.56. The van der Waals surface area contributed by atoms with E-state index in [0.717, 1.165) is 26.2 Å². The molecular weight excluding hydrogens is 306 g/mol. The molecule has 0 unspecified atom stereocenters. The maximum absolute atomic E-state index is 12.4. The van der Waals surface area contributed by atoms with E-state index in [9.17, 15) is 8.42 Å². The molecule has 2 N–H and O–H groups in total. The number of piperazine rings is 1. The van der Waals surface area contributed by atoms with Crippen LogP contribution in [0.1, 0.15) is 0 Å². The number of nitrogens with zero attached hydrogens (tertiary/aromatic N) is 1. The molecule has 1 saturated heterocycles. The fourth-order valence-electron chi connectivity index (χ4n) is 2.29. The summed E-state index contributed by atoms with van der Waals surface area (Å²) < 4.78 is 37.5. The third kappa shape index (κ3) is 4.57. The Labute approximate surface area is 131 Å². The number of ether oxygens (including phenoxy) is 2. The summed E-state index contributed by atoms with van der Waals surface area (Å²) in [6.07, 6.45) is 0. The number of hydrogen-bond acceptors (Lipinski definition) is 6. The first-order valence-electron chi connectivity index (χ1n) is 7.21. The zero-order valence-electron chi connectivity index (χ0n) is 13.0. The van der Waals surface area contributed by atoms with Crippen LogP contribution in [0.15, 0.2) is 23.1 Å². The van der Waals surface area contributed by atoms with Crippen LogP contribution in [-0.2, 0) is 10.0 Å². The van der Waals surface area contributed by atoms with Gasteiger partial charge in [0.15, 0.2) is 0 Å². The second kappa shape index (κ2) is 7.77. The molecular formula is C14H23N3O4S. The lowest BCUT2D eigenvalue weighted by Gasteiger charge is -2.27. The lowest BCUT2D eigenvalue weighted by atomic mass is 10.3. The quantitative estimate of drug-likeness (QED) is 0.726. The molecule has 0 radical (unpaired) electrons. The van der Waals surface area contributed by atoms with Crippen molar-refractivity contribution >= 4 is 10.0 Å². The van der Waals surface area contributed by atoms with Gasteiger partial charge in [-0.2, -0.15) is 0 Å². The minimum Gasteiger partial charge on any atom is -0.497 e. The van der Waals surface area contributed by atoms with Crippen molar-refractivity contribution in [1.29, 1.82) is 0 Å². The van der Waals surface area contributed by atoms with Gasteiger partial charge in [0.05, 0.1) is 19.1 Å². The molecule has 0 amide bonds. The largest absolute Gasteiger partial charge is 0.497 e. The monoisotopic (exact) mass is 329 g/mol. The van der Waals surface area contributed by atoms with Gasteiger partial charge >= 0.3 is 0 Å². The normalized spacial score (nSPS) is 16.5. The number of nitrogens with one attached hydrogen (secondary N) is 2. The third-order valence-corrected chi connectivity index (χ3v) is 5.01. The lowest BCUT2D eigenvalue weighted by molar-refractivity contribution is 0.245. The highest BCUT2D eigenvalue weighted by atomic mass is 32.2. The van der Waals surface area contributed by atoms with Crippen molar-refractivity contribution in [3.63, 3.8) is 0 Å². The summed E-state index contributed by atoms with van der Waals surface area (Å²) in [6.45, 7) is 4.84.